The highest BCUT2D eigenvalue weighted by atomic mass is 35.5. The largest absolute Gasteiger partial charge is 0.452 e. The summed E-state index contributed by atoms with van der Waals surface area (Å²) in [6.07, 6.45) is 0.848. The quantitative estimate of drug-likeness (QED) is 0.470. The number of halogens is 1. The molecule has 158 valence electrons. The highest BCUT2D eigenvalue weighted by Gasteiger charge is 2.22. The van der Waals surface area contributed by atoms with Gasteiger partial charge in [0.25, 0.3) is 5.91 Å². The number of ether oxygens (including phenoxy) is 2. The first-order valence-corrected chi connectivity index (χ1v) is 9.99. The average molecular weight is 422 g/mol. The van der Waals surface area contributed by atoms with Crippen LogP contribution in [0.15, 0.2) is 24.3 Å². The first kappa shape index (κ1) is 22.9. The van der Waals surface area contributed by atoms with Crippen molar-refractivity contribution in [3.8, 4) is 0 Å². The molecule has 1 aromatic heterocycles. The van der Waals surface area contributed by atoms with E-state index in [0.717, 1.165) is 11.1 Å². The lowest BCUT2D eigenvalue weighted by atomic mass is 10.1. The van der Waals surface area contributed by atoms with E-state index in [1.54, 1.807) is 11.6 Å². The fourth-order valence-electron chi connectivity index (χ4n) is 2.63. The molecule has 29 heavy (non-hydrogen) atoms. The van der Waals surface area contributed by atoms with Crippen LogP contribution in [0.4, 0.5) is 0 Å². The van der Waals surface area contributed by atoms with Gasteiger partial charge in [-0.1, -0.05) is 41.4 Å². The zero-order chi connectivity index (χ0) is 21.4. The summed E-state index contributed by atoms with van der Waals surface area (Å²) in [6.45, 7) is 8.68. The van der Waals surface area contributed by atoms with Gasteiger partial charge in [-0.3, -0.25) is 4.79 Å². The van der Waals surface area contributed by atoms with Crippen LogP contribution in [0.5, 0.6) is 0 Å². The van der Waals surface area contributed by atoms with Gasteiger partial charge in [-0.25, -0.2) is 9.48 Å². The van der Waals surface area contributed by atoms with E-state index in [1.165, 1.54) is 0 Å². The lowest BCUT2D eigenvalue weighted by molar-refractivity contribution is -0.124. The molecule has 7 nitrogen and oxygen atoms in total. The Labute approximate surface area is 176 Å². The van der Waals surface area contributed by atoms with Crippen molar-refractivity contribution >= 4 is 23.5 Å². The molecule has 0 fully saturated rings. The minimum atomic E-state index is -0.666. The fraction of sp³-hybridized carbons (Fsp3) is 0.476. The highest BCUT2D eigenvalue weighted by Crippen LogP contribution is 2.22. The van der Waals surface area contributed by atoms with Crippen LogP contribution in [0.3, 0.4) is 0 Å². The molecule has 2 aromatic rings. The van der Waals surface area contributed by atoms with Crippen LogP contribution in [-0.4, -0.2) is 47.5 Å². The molecule has 1 aromatic carbocycles. The maximum absolute atomic E-state index is 12.4. The normalized spacial score (nSPS) is 11.0. The molecule has 0 aliphatic heterocycles. The number of aryl methyl sites for hydroxylation is 2. The van der Waals surface area contributed by atoms with Gasteiger partial charge in [0, 0.05) is 13.2 Å². The van der Waals surface area contributed by atoms with Crippen molar-refractivity contribution in [1.29, 1.82) is 0 Å². The second-order valence-electron chi connectivity index (χ2n) is 7.09. The number of aromatic nitrogens is 2. The van der Waals surface area contributed by atoms with Crippen molar-refractivity contribution in [2.24, 2.45) is 0 Å². The number of hydrogen-bond acceptors (Lipinski definition) is 5. The Morgan fingerprint density at radius 1 is 1.21 bits per heavy atom. The molecule has 1 heterocycles. The smallest absolute Gasteiger partial charge is 0.343 e. The van der Waals surface area contributed by atoms with Crippen molar-refractivity contribution in [2.75, 3.05) is 19.8 Å². The molecule has 0 spiro atoms. The van der Waals surface area contributed by atoms with Crippen molar-refractivity contribution in [3.05, 3.63) is 51.8 Å². The second kappa shape index (κ2) is 11.0. The summed E-state index contributed by atoms with van der Waals surface area (Å²) in [6, 6.07) is 7.97. The number of hydrogen-bond donors (Lipinski definition) is 1. The molecular weight excluding hydrogens is 394 g/mol. The minimum absolute atomic E-state index is 0.159. The van der Waals surface area contributed by atoms with Crippen LogP contribution >= 0.6 is 11.6 Å². The molecule has 1 amide bonds. The summed E-state index contributed by atoms with van der Waals surface area (Å²) < 4.78 is 12.1. The third kappa shape index (κ3) is 7.18. The molecule has 2 rings (SSSR count). The number of carbonyl (C=O) groups excluding carboxylic acids is 2. The molecule has 0 radical (unpaired) electrons. The fourth-order valence-corrected chi connectivity index (χ4v) is 2.94. The molecule has 8 heteroatoms. The Kier molecular flexibility index (Phi) is 8.67. The molecule has 0 saturated heterocycles. The summed E-state index contributed by atoms with van der Waals surface area (Å²) in [5.41, 5.74) is 2.81. The van der Waals surface area contributed by atoms with Crippen LogP contribution in [0.25, 0.3) is 0 Å². The lowest BCUT2D eigenvalue weighted by Gasteiger charge is -2.09. The number of esters is 1. The summed E-state index contributed by atoms with van der Waals surface area (Å²) in [5, 5.41) is 7.21. The molecular formula is C21H28ClN3O4. The Bertz CT molecular complexity index is 831. The van der Waals surface area contributed by atoms with Crippen molar-refractivity contribution in [2.45, 2.75) is 46.8 Å². The van der Waals surface area contributed by atoms with E-state index in [0.29, 0.717) is 31.8 Å². The van der Waals surface area contributed by atoms with Crippen LogP contribution < -0.4 is 5.32 Å². The van der Waals surface area contributed by atoms with Crippen molar-refractivity contribution < 1.29 is 19.1 Å². The van der Waals surface area contributed by atoms with E-state index in [1.807, 2.05) is 45.0 Å². The lowest BCUT2D eigenvalue weighted by Crippen LogP contribution is -2.30. The van der Waals surface area contributed by atoms with Crippen LogP contribution in [0.2, 0.25) is 5.15 Å². The monoisotopic (exact) mass is 421 g/mol. The first-order valence-electron chi connectivity index (χ1n) is 9.61. The molecule has 0 bridgehead atoms. The number of rotatable bonds is 10. The average Bonchev–Trinajstić information content (AvgIpc) is 2.94. The predicted octanol–water partition coefficient (Wildman–Crippen LogP) is 3.29. The molecule has 1 N–H and O–H groups in total. The molecule has 0 saturated carbocycles. The first-order chi connectivity index (χ1) is 13.8. The Morgan fingerprint density at radius 3 is 2.55 bits per heavy atom. The molecule has 0 unspecified atom stereocenters. The van der Waals surface area contributed by atoms with Gasteiger partial charge in [0.2, 0.25) is 0 Å². The molecule has 0 atom stereocenters. The zero-order valence-corrected chi connectivity index (χ0v) is 18.1. The summed E-state index contributed by atoms with van der Waals surface area (Å²) in [7, 11) is 0. The topological polar surface area (TPSA) is 82.5 Å². The summed E-state index contributed by atoms with van der Waals surface area (Å²) in [4.78, 5) is 24.2. The van der Waals surface area contributed by atoms with E-state index in [-0.39, 0.29) is 29.3 Å². The van der Waals surface area contributed by atoms with Crippen LogP contribution in [0.1, 0.15) is 47.4 Å². The van der Waals surface area contributed by atoms with E-state index in [9.17, 15) is 9.59 Å². The van der Waals surface area contributed by atoms with E-state index < -0.39 is 5.97 Å². The van der Waals surface area contributed by atoms with Gasteiger partial charge >= 0.3 is 5.97 Å². The SMILES string of the molecule is Cc1ccc(Cn2nc(C)c(C(=O)OCC(=O)NCCCOC(C)C)c2Cl)cc1. The molecule has 0 aliphatic rings. The Hall–Kier alpha value is -2.38. The van der Waals surface area contributed by atoms with Gasteiger partial charge in [-0.2, -0.15) is 5.10 Å². The number of amides is 1. The number of benzene rings is 1. The number of nitrogens with zero attached hydrogens (tertiary/aromatic N) is 2. The third-order valence-electron chi connectivity index (χ3n) is 4.15. The van der Waals surface area contributed by atoms with Crippen LogP contribution in [-0.2, 0) is 20.8 Å². The second-order valence-corrected chi connectivity index (χ2v) is 7.45. The van der Waals surface area contributed by atoms with E-state index in [2.05, 4.69) is 10.4 Å². The third-order valence-corrected chi connectivity index (χ3v) is 4.54. The maximum atomic E-state index is 12.4. The number of carbonyl (C=O) groups is 2. The predicted molar refractivity (Wildman–Crippen MR) is 111 cm³/mol. The van der Waals surface area contributed by atoms with Crippen LogP contribution in [0, 0.1) is 13.8 Å². The minimum Gasteiger partial charge on any atom is -0.452 e. The summed E-state index contributed by atoms with van der Waals surface area (Å²) in [5.74, 6) is -1.04. The van der Waals surface area contributed by atoms with E-state index >= 15 is 0 Å². The van der Waals surface area contributed by atoms with Gasteiger partial charge in [0.15, 0.2) is 6.61 Å². The Balaban J connectivity index is 1.86. The van der Waals surface area contributed by atoms with Gasteiger partial charge in [0.1, 0.15) is 10.7 Å². The zero-order valence-electron chi connectivity index (χ0n) is 17.3. The van der Waals surface area contributed by atoms with Gasteiger partial charge in [-0.05, 0) is 39.7 Å². The standard InChI is InChI=1S/C21H28ClN3O4/c1-14(2)28-11-5-10-23-18(26)13-29-21(27)19-16(4)24-25(20(19)22)12-17-8-6-15(3)7-9-17/h6-9,14H,5,10-13H2,1-4H3,(H,23,26). The maximum Gasteiger partial charge on any atom is 0.343 e. The van der Waals surface area contributed by atoms with Crippen molar-refractivity contribution in [1.82, 2.24) is 15.1 Å². The van der Waals surface area contributed by atoms with E-state index in [4.69, 9.17) is 21.1 Å². The van der Waals surface area contributed by atoms with Gasteiger partial charge in [-0.15, -0.1) is 0 Å². The summed E-state index contributed by atoms with van der Waals surface area (Å²) >= 11 is 6.35. The van der Waals surface area contributed by atoms with Crippen molar-refractivity contribution in [3.63, 3.8) is 0 Å². The molecule has 0 aliphatic carbocycles. The van der Waals surface area contributed by atoms with Gasteiger partial charge in [0.05, 0.1) is 18.3 Å². The highest BCUT2D eigenvalue weighted by molar-refractivity contribution is 6.32. The number of nitrogens with one attached hydrogen (secondary N) is 1. The Morgan fingerprint density at radius 2 is 1.90 bits per heavy atom. The van der Waals surface area contributed by atoms with Gasteiger partial charge < -0.3 is 14.8 Å².